The summed E-state index contributed by atoms with van der Waals surface area (Å²) in [6.45, 7) is 0. The van der Waals surface area contributed by atoms with E-state index in [0.717, 1.165) is 16.6 Å². The lowest BCUT2D eigenvalue weighted by Gasteiger charge is -2.11. The van der Waals surface area contributed by atoms with Crippen molar-refractivity contribution >= 4 is 17.9 Å². The van der Waals surface area contributed by atoms with Crippen molar-refractivity contribution in [3.8, 4) is 5.75 Å². The first-order valence-corrected chi connectivity index (χ1v) is 7.39. The third-order valence-electron chi connectivity index (χ3n) is 3.21. The molecule has 1 amide bonds. The maximum absolute atomic E-state index is 11.3. The lowest BCUT2D eigenvalue weighted by Crippen LogP contribution is -2.22. The maximum atomic E-state index is 11.3. The van der Waals surface area contributed by atoms with Crippen molar-refractivity contribution in [1.82, 2.24) is 5.32 Å². The average molecular weight is 265 g/mol. The molecule has 1 aliphatic rings. The van der Waals surface area contributed by atoms with E-state index >= 15 is 0 Å². The predicted octanol–water partition coefficient (Wildman–Crippen LogP) is 3.69. The van der Waals surface area contributed by atoms with E-state index in [0.29, 0.717) is 5.75 Å². The molecule has 98 valence electrons. The van der Waals surface area contributed by atoms with Crippen LogP contribution in [0.15, 0.2) is 29.2 Å². The molecule has 1 fully saturated rings. The molecule has 1 aliphatic carbocycles. The van der Waals surface area contributed by atoms with E-state index in [4.69, 9.17) is 4.74 Å². The summed E-state index contributed by atoms with van der Waals surface area (Å²) in [4.78, 5) is 12.3. The predicted molar refractivity (Wildman–Crippen MR) is 74.2 cm³/mol. The molecule has 1 aromatic rings. The first-order chi connectivity index (χ1) is 8.79. The van der Waals surface area contributed by atoms with Gasteiger partial charge in [-0.3, -0.25) is 0 Å². The second-order valence-electron chi connectivity index (χ2n) is 4.55. The minimum absolute atomic E-state index is 0.413. The number of para-hydroxylation sites is 1. The summed E-state index contributed by atoms with van der Waals surface area (Å²) < 4.78 is 5.24. The van der Waals surface area contributed by atoms with Crippen LogP contribution < -0.4 is 10.1 Å². The zero-order valence-electron chi connectivity index (χ0n) is 10.6. The van der Waals surface area contributed by atoms with Gasteiger partial charge in [-0.25, -0.2) is 4.79 Å². The summed E-state index contributed by atoms with van der Waals surface area (Å²) >= 11 is 1.79. The Hall–Kier alpha value is -1.16. The van der Waals surface area contributed by atoms with Crippen LogP contribution in [0.3, 0.4) is 0 Å². The normalized spacial score (nSPS) is 15.6. The topological polar surface area (TPSA) is 38.3 Å². The Labute approximate surface area is 112 Å². The molecule has 0 atom stereocenters. The molecule has 18 heavy (non-hydrogen) atoms. The van der Waals surface area contributed by atoms with Gasteiger partial charge in [0.15, 0.2) is 0 Å². The number of nitrogens with one attached hydrogen (secondary N) is 1. The van der Waals surface area contributed by atoms with Crippen molar-refractivity contribution in [3.63, 3.8) is 0 Å². The van der Waals surface area contributed by atoms with E-state index in [1.165, 1.54) is 25.7 Å². The Morgan fingerprint density at radius 1 is 1.39 bits per heavy atom. The Morgan fingerprint density at radius 2 is 2.11 bits per heavy atom. The third kappa shape index (κ3) is 3.67. The quantitative estimate of drug-likeness (QED) is 0.844. The Bertz CT molecular complexity index is 403. The lowest BCUT2D eigenvalue weighted by atomic mass is 10.1. The van der Waals surface area contributed by atoms with E-state index in [9.17, 15) is 4.79 Å². The molecule has 4 heteroatoms. The third-order valence-corrected chi connectivity index (χ3v) is 4.49. The SMILES string of the molecule is CNC(=O)Oc1ccccc1SCC1CCCC1. The number of thioether (sulfide) groups is 1. The van der Waals surface area contributed by atoms with Crippen LogP contribution in [-0.2, 0) is 0 Å². The molecule has 0 radical (unpaired) electrons. The summed E-state index contributed by atoms with van der Waals surface area (Å²) in [7, 11) is 1.57. The summed E-state index contributed by atoms with van der Waals surface area (Å²) in [5, 5.41) is 2.47. The summed E-state index contributed by atoms with van der Waals surface area (Å²) in [5.74, 6) is 2.59. The van der Waals surface area contributed by atoms with E-state index < -0.39 is 6.09 Å². The van der Waals surface area contributed by atoms with Gasteiger partial charge in [-0.2, -0.15) is 0 Å². The molecular weight excluding hydrogens is 246 g/mol. The molecule has 0 heterocycles. The highest BCUT2D eigenvalue weighted by Gasteiger charge is 2.16. The zero-order valence-corrected chi connectivity index (χ0v) is 11.5. The molecule has 0 unspecified atom stereocenters. The van der Waals surface area contributed by atoms with Crippen molar-refractivity contribution in [2.75, 3.05) is 12.8 Å². The molecule has 0 aliphatic heterocycles. The summed E-state index contributed by atoms with van der Waals surface area (Å²) in [5.41, 5.74) is 0. The fourth-order valence-corrected chi connectivity index (χ4v) is 3.36. The number of ether oxygens (including phenoxy) is 1. The zero-order chi connectivity index (χ0) is 12.8. The molecule has 1 saturated carbocycles. The molecule has 0 aromatic heterocycles. The Morgan fingerprint density at radius 3 is 2.83 bits per heavy atom. The molecule has 0 bridgehead atoms. The van der Waals surface area contributed by atoms with Crippen LogP contribution in [0.2, 0.25) is 0 Å². The maximum Gasteiger partial charge on any atom is 0.412 e. The highest BCUT2D eigenvalue weighted by molar-refractivity contribution is 7.99. The van der Waals surface area contributed by atoms with Crippen LogP contribution in [-0.4, -0.2) is 18.9 Å². The van der Waals surface area contributed by atoms with E-state index in [2.05, 4.69) is 5.32 Å². The highest BCUT2D eigenvalue weighted by atomic mass is 32.2. The first-order valence-electron chi connectivity index (χ1n) is 6.41. The van der Waals surface area contributed by atoms with Gasteiger partial charge >= 0.3 is 6.09 Å². The molecule has 0 saturated heterocycles. The van der Waals surface area contributed by atoms with Gasteiger partial charge in [0.2, 0.25) is 0 Å². The molecular formula is C14H19NO2S. The van der Waals surface area contributed by atoms with Gasteiger partial charge in [0.25, 0.3) is 0 Å². The summed E-state index contributed by atoms with van der Waals surface area (Å²) in [6.07, 6.45) is 4.99. The van der Waals surface area contributed by atoms with E-state index in [1.54, 1.807) is 18.8 Å². The number of benzene rings is 1. The molecule has 0 spiro atoms. The second-order valence-corrected chi connectivity index (χ2v) is 5.61. The fraction of sp³-hybridized carbons (Fsp3) is 0.500. The summed E-state index contributed by atoms with van der Waals surface area (Å²) in [6, 6.07) is 7.72. The lowest BCUT2D eigenvalue weighted by molar-refractivity contribution is 0.202. The number of carbonyl (C=O) groups is 1. The smallest absolute Gasteiger partial charge is 0.409 e. The van der Waals surface area contributed by atoms with E-state index in [1.807, 2.05) is 24.3 Å². The van der Waals surface area contributed by atoms with Crippen LogP contribution in [0.5, 0.6) is 5.75 Å². The highest BCUT2D eigenvalue weighted by Crippen LogP contribution is 2.34. The van der Waals surface area contributed by atoms with Gasteiger partial charge in [-0.05, 0) is 30.9 Å². The van der Waals surface area contributed by atoms with Crippen molar-refractivity contribution < 1.29 is 9.53 Å². The first kappa shape index (κ1) is 13.3. The van der Waals surface area contributed by atoms with Gasteiger partial charge < -0.3 is 10.1 Å². The van der Waals surface area contributed by atoms with Crippen LogP contribution in [0, 0.1) is 5.92 Å². The monoisotopic (exact) mass is 265 g/mol. The largest absolute Gasteiger partial charge is 0.412 e. The van der Waals surface area contributed by atoms with Crippen molar-refractivity contribution in [3.05, 3.63) is 24.3 Å². The van der Waals surface area contributed by atoms with Crippen molar-refractivity contribution in [2.24, 2.45) is 5.92 Å². The van der Waals surface area contributed by atoms with Crippen LogP contribution in [0.25, 0.3) is 0 Å². The van der Waals surface area contributed by atoms with Crippen LogP contribution in [0.4, 0.5) is 4.79 Å². The Balaban J connectivity index is 1.95. The van der Waals surface area contributed by atoms with Crippen molar-refractivity contribution in [1.29, 1.82) is 0 Å². The van der Waals surface area contributed by atoms with E-state index in [-0.39, 0.29) is 0 Å². The molecule has 1 aromatic carbocycles. The van der Waals surface area contributed by atoms with Gasteiger partial charge in [0.05, 0.1) is 4.90 Å². The van der Waals surface area contributed by atoms with Gasteiger partial charge in [-0.15, -0.1) is 11.8 Å². The van der Waals surface area contributed by atoms with Gasteiger partial charge in [-0.1, -0.05) is 25.0 Å². The number of hydrogen-bond donors (Lipinski definition) is 1. The standard InChI is InChI=1S/C14H19NO2S/c1-15-14(16)17-12-8-4-5-9-13(12)18-10-11-6-2-3-7-11/h4-5,8-9,11H,2-3,6-7,10H2,1H3,(H,15,16). The Kier molecular flexibility index (Phi) is 4.93. The van der Waals surface area contributed by atoms with Crippen LogP contribution >= 0.6 is 11.8 Å². The van der Waals surface area contributed by atoms with Gasteiger partial charge in [0, 0.05) is 12.8 Å². The fourth-order valence-electron chi connectivity index (χ4n) is 2.19. The second kappa shape index (κ2) is 6.69. The number of carbonyl (C=O) groups excluding carboxylic acids is 1. The number of hydrogen-bond acceptors (Lipinski definition) is 3. The number of amides is 1. The minimum Gasteiger partial charge on any atom is -0.409 e. The number of rotatable bonds is 4. The minimum atomic E-state index is -0.413. The van der Waals surface area contributed by atoms with Crippen LogP contribution in [0.1, 0.15) is 25.7 Å². The molecule has 1 N–H and O–H groups in total. The molecule has 2 rings (SSSR count). The van der Waals surface area contributed by atoms with Gasteiger partial charge in [0.1, 0.15) is 5.75 Å². The molecule has 3 nitrogen and oxygen atoms in total. The average Bonchev–Trinajstić information content (AvgIpc) is 2.91. The van der Waals surface area contributed by atoms with Crippen molar-refractivity contribution in [2.45, 2.75) is 30.6 Å².